The molecule has 0 spiro atoms. The zero-order valence-electron chi connectivity index (χ0n) is 35.2. The molecule has 6 aromatic rings. The highest BCUT2D eigenvalue weighted by molar-refractivity contribution is 6.33. The van der Waals surface area contributed by atoms with Crippen molar-refractivity contribution in [3.05, 3.63) is 131 Å². The predicted molar refractivity (Wildman–Crippen MR) is 238 cm³/mol. The van der Waals surface area contributed by atoms with Gasteiger partial charge in [0.05, 0.1) is 23.1 Å². The summed E-state index contributed by atoms with van der Waals surface area (Å²) >= 11 is 0. The van der Waals surface area contributed by atoms with Crippen LogP contribution in [0, 0.1) is 23.7 Å². The average Bonchev–Trinajstić information content (AvgIpc) is 3.32. The van der Waals surface area contributed by atoms with Gasteiger partial charge in [-0.05, 0) is 122 Å². The molecule has 10 nitrogen and oxygen atoms in total. The number of hydrogen-bond acceptors (Lipinski definition) is 8. The van der Waals surface area contributed by atoms with Crippen LogP contribution in [0.25, 0.3) is 32.6 Å². The van der Waals surface area contributed by atoms with E-state index in [0.29, 0.717) is 56.7 Å². The van der Waals surface area contributed by atoms with E-state index < -0.39 is 35.7 Å². The molecule has 10 heteroatoms. The van der Waals surface area contributed by atoms with E-state index in [2.05, 4.69) is 33.6 Å². The van der Waals surface area contributed by atoms with E-state index in [9.17, 15) is 0 Å². The number of nitrogens with zero attached hydrogens (tertiary/aromatic N) is 6. The molecule has 4 aromatic carbocycles. The summed E-state index contributed by atoms with van der Waals surface area (Å²) in [7, 11) is 0. The highest BCUT2D eigenvalue weighted by Gasteiger charge is 2.52. The van der Waals surface area contributed by atoms with Crippen molar-refractivity contribution in [3.8, 4) is 0 Å². The van der Waals surface area contributed by atoms with Crippen LogP contribution in [0.4, 0.5) is 0 Å². The van der Waals surface area contributed by atoms with Crippen molar-refractivity contribution in [2.24, 2.45) is 23.7 Å². The lowest BCUT2D eigenvalue weighted by Gasteiger charge is -2.54. The normalized spacial score (nSPS) is 28.7. The SMILES string of the molecule is CCC1CN2CCC1CC2C(c1ccnc2ccccc12)N1C(=O)c2ccc3c4c(ccc(c24)C1=O)C(=O)N(C(c1ccnc2ccccc12)C1CC2CCN1CC2CC)C3=O. The molecular weight excluding hydrogens is 773 g/mol. The van der Waals surface area contributed by atoms with Gasteiger partial charge in [0.2, 0.25) is 0 Å². The Morgan fingerprint density at radius 1 is 0.532 bits per heavy atom. The molecule has 312 valence electrons. The number of piperidine rings is 6. The van der Waals surface area contributed by atoms with Crippen molar-refractivity contribution < 1.29 is 19.2 Å². The number of hydrogen-bond donors (Lipinski definition) is 0. The molecule has 0 saturated carbocycles. The second-order valence-electron chi connectivity index (χ2n) is 18.8. The molecule has 0 radical (unpaired) electrons. The summed E-state index contributed by atoms with van der Waals surface area (Å²) in [6.07, 6.45) is 9.80. The lowest BCUT2D eigenvalue weighted by Crippen LogP contribution is -2.60. The Morgan fingerprint density at radius 3 is 1.27 bits per heavy atom. The fourth-order valence-electron chi connectivity index (χ4n) is 13.1. The van der Waals surface area contributed by atoms with E-state index in [4.69, 9.17) is 0 Å². The van der Waals surface area contributed by atoms with E-state index in [1.165, 1.54) is 9.80 Å². The van der Waals surface area contributed by atoms with Gasteiger partial charge in [-0.3, -0.25) is 48.7 Å². The molecule has 2 aromatic heterocycles. The van der Waals surface area contributed by atoms with Gasteiger partial charge in [-0.25, -0.2) is 0 Å². The maximum atomic E-state index is 15.3. The predicted octanol–water partition coefficient (Wildman–Crippen LogP) is 8.85. The second kappa shape index (κ2) is 14.4. The van der Waals surface area contributed by atoms with Crippen LogP contribution < -0.4 is 0 Å². The van der Waals surface area contributed by atoms with Crippen molar-refractivity contribution in [1.82, 2.24) is 29.6 Å². The van der Waals surface area contributed by atoms with Gasteiger partial charge in [-0.15, -0.1) is 0 Å². The number of fused-ring (bicyclic) bond motifs is 8. The lowest BCUT2D eigenvalue weighted by molar-refractivity contribution is -0.0332. The van der Waals surface area contributed by atoms with Crippen LogP contribution in [-0.2, 0) is 0 Å². The Labute approximate surface area is 360 Å². The molecule has 0 aliphatic carbocycles. The molecule has 62 heavy (non-hydrogen) atoms. The molecule has 10 atom stereocenters. The minimum atomic E-state index is -0.568. The Bertz CT molecular complexity index is 2620. The fraction of sp³-hybridized carbons (Fsp3) is 0.385. The van der Waals surface area contributed by atoms with Crippen molar-refractivity contribution in [2.45, 2.75) is 76.5 Å². The first-order valence-corrected chi connectivity index (χ1v) is 22.8. The maximum Gasteiger partial charge on any atom is 0.262 e. The minimum Gasteiger partial charge on any atom is -0.298 e. The Balaban J connectivity index is 0.985. The van der Waals surface area contributed by atoms with Gasteiger partial charge >= 0.3 is 0 Å². The smallest absolute Gasteiger partial charge is 0.262 e. The molecule has 4 amide bonds. The number of benzene rings is 4. The minimum absolute atomic E-state index is 0.0685. The molecule has 4 bridgehead atoms. The van der Waals surface area contributed by atoms with Gasteiger partial charge < -0.3 is 0 Å². The Morgan fingerprint density at radius 2 is 0.919 bits per heavy atom. The van der Waals surface area contributed by atoms with Crippen LogP contribution in [0.15, 0.2) is 97.3 Å². The number of imide groups is 2. The number of carbonyl (C=O) groups is 4. The van der Waals surface area contributed by atoms with Crippen molar-refractivity contribution in [3.63, 3.8) is 0 Å². The highest BCUT2D eigenvalue weighted by Crippen LogP contribution is 2.50. The number of aromatic nitrogens is 2. The van der Waals surface area contributed by atoms with E-state index >= 15 is 19.2 Å². The van der Waals surface area contributed by atoms with Gasteiger partial charge in [0.15, 0.2) is 0 Å². The van der Waals surface area contributed by atoms with E-state index in [0.717, 1.165) is 97.6 Å². The fourth-order valence-corrected chi connectivity index (χ4v) is 13.1. The molecule has 8 aliphatic heterocycles. The molecule has 6 fully saturated rings. The van der Waals surface area contributed by atoms with Gasteiger partial charge in [0.1, 0.15) is 0 Å². The molecule has 0 N–H and O–H groups in total. The summed E-state index contributed by atoms with van der Waals surface area (Å²) in [5.41, 5.74) is 4.83. The molecule has 10 heterocycles. The van der Waals surface area contributed by atoms with E-state index in [1.807, 2.05) is 60.7 Å². The van der Waals surface area contributed by atoms with E-state index in [-0.39, 0.29) is 12.1 Å². The molecule has 8 aliphatic rings. The molecule has 6 saturated heterocycles. The summed E-state index contributed by atoms with van der Waals surface area (Å²) in [5.74, 6) is 0.620. The van der Waals surface area contributed by atoms with Crippen LogP contribution in [0.1, 0.15) is 117 Å². The zero-order valence-corrected chi connectivity index (χ0v) is 35.2. The number of carbonyl (C=O) groups excluding carboxylic acids is 4. The monoisotopic (exact) mass is 822 g/mol. The molecular formula is C52H50N6O4. The topological polar surface area (TPSA) is 107 Å². The molecule has 10 unspecified atom stereocenters. The number of pyridine rings is 2. The third kappa shape index (κ3) is 5.41. The number of para-hydroxylation sites is 2. The lowest BCUT2D eigenvalue weighted by atomic mass is 9.71. The first-order valence-electron chi connectivity index (χ1n) is 22.8. The zero-order chi connectivity index (χ0) is 42.0. The van der Waals surface area contributed by atoms with Crippen LogP contribution in [0.2, 0.25) is 0 Å². The van der Waals surface area contributed by atoms with Gasteiger partial charge in [0.25, 0.3) is 23.6 Å². The Kier molecular flexibility index (Phi) is 8.77. The van der Waals surface area contributed by atoms with Crippen LogP contribution in [-0.4, -0.2) is 91.5 Å². The number of rotatable bonds is 8. The standard InChI is InChI=1S/C52H50N6O4/c1-3-29-27-55-23-19-31(29)25-43(55)47(35-17-21-53-41-11-7-5-9-33(35)41)57-49(59)37-13-15-39-46-40(16-14-38(45(37)46)50(57)60)52(62)58(51(39)61)48(36-18-22-54-42-12-8-6-10-34(36)42)44-26-32-20-24-56(44)28-30(32)4-2/h5-18,21-22,29-32,43-44,47-48H,3-4,19-20,23-28H2,1-2H3. The second-order valence-corrected chi connectivity index (χ2v) is 18.8. The van der Waals surface area contributed by atoms with Crippen LogP contribution in [0.3, 0.4) is 0 Å². The Hall–Kier alpha value is -5.84. The third-order valence-corrected chi connectivity index (χ3v) is 16.2. The summed E-state index contributed by atoms with van der Waals surface area (Å²) in [4.78, 5) is 78.6. The summed E-state index contributed by atoms with van der Waals surface area (Å²) in [6, 6.07) is 25.5. The van der Waals surface area contributed by atoms with Gasteiger partial charge in [-0.1, -0.05) is 63.1 Å². The van der Waals surface area contributed by atoms with Gasteiger partial charge in [0, 0.05) is 81.4 Å². The quantitative estimate of drug-likeness (QED) is 0.140. The van der Waals surface area contributed by atoms with E-state index in [1.54, 1.807) is 36.7 Å². The maximum absolute atomic E-state index is 15.3. The van der Waals surface area contributed by atoms with Crippen molar-refractivity contribution >= 4 is 56.2 Å². The summed E-state index contributed by atoms with van der Waals surface area (Å²) in [5, 5.41) is 2.65. The largest absolute Gasteiger partial charge is 0.298 e. The summed E-state index contributed by atoms with van der Waals surface area (Å²) < 4.78 is 0. The summed E-state index contributed by atoms with van der Waals surface area (Å²) in [6.45, 7) is 8.26. The van der Waals surface area contributed by atoms with Crippen molar-refractivity contribution in [2.75, 3.05) is 26.2 Å². The van der Waals surface area contributed by atoms with Crippen molar-refractivity contribution in [1.29, 1.82) is 0 Å². The molecule has 14 rings (SSSR count). The van der Waals surface area contributed by atoms with Crippen LogP contribution in [0.5, 0.6) is 0 Å². The van der Waals surface area contributed by atoms with Crippen LogP contribution >= 0.6 is 0 Å². The van der Waals surface area contributed by atoms with Gasteiger partial charge in [-0.2, -0.15) is 0 Å². The first kappa shape index (κ1) is 37.9. The third-order valence-electron chi connectivity index (χ3n) is 16.2. The highest BCUT2D eigenvalue weighted by atomic mass is 16.2. The average molecular weight is 823 g/mol. The first-order chi connectivity index (χ1) is 30.3. The number of amides is 4.